The molecule has 1 aliphatic rings. The molecule has 1 nitrogen and oxygen atoms in total. The van der Waals surface area contributed by atoms with Gasteiger partial charge in [0.15, 0.2) is 18.2 Å². The Hall–Kier alpha value is -2.63. The fourth-order valence-electron chi connectivity index (χ4n) is 5.88. The maximum Gasteiger partial charge on any atom is 0.422 e. The number of halogens is 5. The summed E-state index contributed by atoms with van der Waals surface area (Å²) in [6.45, 7) is 0.702. The molecule has 6 heteroatoms. The molecule has 0 N–H and O–H groups in total. The third-order valence-electron chi connectivity index (χ3n) is 8.16. The van der Waals surface area contributed by atoms with Gasteiger partial charge in [0.2, 0.25) is 0 Å². The van der Waals surface area contributed by atoms with Gasteiger partial charge in [0.05, 0.1) is 0 Å². The second kappa shape index (κ2) is 13.6. The van der Waals surface area contributed by atoms with Crippen molar-refractivity contribution in [1.29, 1.82) is 0 Å². The van der Waals surface area contributed by atoms with Crippen LogP contribution in [0.25, 0.3) is 10.8 Å². The van der Waals surface area contributed by atoms with Gasteiger partial charge in [-0.2, -0.15) is 13.2 Å². The van der Waals surface area contributed by atoms with Crippen molar-refractivity contribution in [2.45, 2.75) is 96.1 Å². The molecule has 0 spiro atoms. The van der Waals surface area contributed by atoms with Gasteiger partial charge < -0.3 is 4.74 Å². The van der Waals surface area contributed by atoms with Crippen LogP contribution < -0.4 is 4.74 Å². The van der Waals surface area contributed by atoms with E-state index in [0.29, 0.717) is 35.3 Å². The van der Waals surface area contributed by atoms with Crippen LogP contribution in [-0.2, 0) is 12.8 Å². The van der Waals surface area contributed by atoms with E-state index in [9.17, 15) is 17.6 Å². The van der Waals surface area contributed by atoms with Gasteiger partial charge in [-0.1, -0.05) is 81.8 Å². The van der Waals surface area contributed by atoms with Crippen LogP contribution in [0.15, 0.2) is 48.5 Å². The second-order valence-corrected chi connectivity index (χ2v) is 11.1. The zero-order valence-corrected chi connectivity index (χ0v) is 22.8. The molecule has 0 saturated heterocycles. The van der Waals surface area contributed by atoms with E-state index in [-0.39, 0.29) is 5.82 Å². The van der Waals surface area contributed by atoms with E-state index in [1.807, 2.05) is 12.1 Å². The van der Waals surface area contributed by atoms with Crippen LogP contribution in [0.2, 0.25) is 0 Å². The first-order valence-corrected chi connectivity index (χ1v) is 14.4. The molecule has 0 bridgehead atoms. The fourth-order valence-corrected chi connectivity index (χ4v) is 5.88. The SMILES string of the molecule is CCCCCCCC1CCC(c2ccc3c(F)c(CCc4ccc(OCC(F)(F)F)c(F)c4)ccc3c2)CC1. The Bertz CT molecular complexity index is 1210. The van der Waals surface area contributed by atoms with Crippen LogP contribution in [0.5, 0.6) is 5.75 Å². The number of unbranched alkanes of at least 4 members (excludes halogenated alkanes) is 4. The molecule has 1 aliphatic carbocycles. The van der Waals surface area contributed by atoms with Crippen LogP contribution >= 0.6 is 0 Å². The summed E-state index contributed by atoms with van der Waals surface area (Å²) in [6, 6.07) is 13.7. The monoisotopic (exact) mass is 546 g/mol. The summed E-state index contributed by atoms with van der Waals surface area (Å²) in [6.07, 6.45) is 9.18. The zero-order valence-electron chi connectivity index (χ0n) is 22.8. The molecule has 3 aromatic rings. The number of aryl methyl sites for hydroxylation is 2. The molecule has 3 aromatic carbocycles. The number of fused-ring (bicyclic) bond motifs is 1. The normalized spacial score (nSPS) is 18.0. The quantitative estimate of drug-likeness (QED) is 0.162. The first-order valence-electron chi connectivity index (χ1n) is 14.4. The summed E-state index contributed by atoms with van der Waals surface area (Å²) in [5.41, 5.74) is 2.39. The Morgan fingerprint density at radius 3 is 2.31 bits per heavy atom. The van der Waals surface area contributed by atoms with Crippen LogP contribution in [0.4, 0.5) is 22.0 Å². The lowest BCUT2D eigenvalue weighted by molar-refractivity contribution is -0.153. The highest BCUT2D eigenvalue weighted by Gasteiger charge is 2.29. The molecule has 0 radical (unpaired) electrons. The van der Waals surface area contributed by atoms with Gasteiger partial charge in [-0.3, -0.25) is 0 Å². The van der Waals surface area contributed by atoms with Crippen molar-refractivity contribution >= 4 is 10.8 Å². The largest absolute Gasteiger partial charge is 0.481 e. The van der Waals surface area contributed by atoms with E-state index in [1.165, 1.54) is 81.9 Å². The van der Waals surface area contributed by atoms with Crippen molar-refractivity contribution in [1.82, 2.24) is 0 Å². The molecule has 0 aromatic heterocycles. The number of hydrogen-bond donors (Lipinski definition) is 0. The summed E-state index contributed by atoms with van der Waals surface area (Å²) >= 11 is 0. The second-order valence-electron chi connectivity index (χ2n) is 11.1. The van der Waals surface area contributed by atoms with Crippen LogP contribution in [0, 0.1) is 17.6 Å². The minimum Gasteiger partial charge on any atom is -0.481 e. The topological polar surface area (TPSA) is 9.23 Å². The smallest absolute Gasteiger partial charge is 0.422 e. The van der Waals surface area contributed by atoms with Gasteiger partial charge in [0.25, 0.3) is 0 Å². The molecule has 1 saturated carbocycles. The molecule has 4 rings (SSSR count). The summed E-state index contributed by atoms with van der Waals surface area (Å²) < 4.78 is 71.0. The standard InChI is InChI=1S/C33H39F5O/c1-2-3-4-5-6-7-23-8-12-25(13-9-23)27-17-18-29-28(21-27)16-15-26(32(29)35)14-10-24-11-19-31(30(34)20-24)39-22-33(36,37)38/h11,15-21,23,25H,2-10,12-14,22H2,1H3. The summed E-state index contributed by atoms with van der Waals surface area (Å²) in [5, 5.41) is 1.48. The number of rotatable bonds is 12. The van der Waals surface area contributed by atoms with E-state index in [4.69, 9.17) is 0 Å². The minimum atomic E-state index is -4.54. The predicted molar refractivity (Wildman–Crippen MR) is 147 cm³/mol. The highest BCUT2D eigenvalue weighted by atomic mass is 19.4. The highest BCUT2D eigenvalue weighted by Crippen LogP contribution is 2.39. The van der Waals surface area contributed by atoms with Gasteiger partial charge >= 0.3 is 6.18 Å². The third-order valence-corrected chi connectivity index (χ3v) is 8.16. The fraction of sp³-hybridized carbons (Fsp3) is 0.515. The minimum absolute atomic E-state index is 0.267. The molecule has 0 atom stereocenters. The first-order chi connectivity index (χ1) is 18.7. The molecule has 0 aliphatic heterocycles. The molecule has 212 valence electrons. The first kappa shape index (κ1) is 29.4. The van der Waals surface area contributed by atoms with Crippen molar-refractivity contribution in [3.05, 3.63) is 76.9 Å². The number of benzene rings is 3. The van der Waals surface area contributed by atoms with E-state index in [1.54, 1.807) is 6.07 Å². The lowest BCUT2D eigenvalue weighted by Crippen LogP contribution is -2.19. The van der Waals surface area contributed by atoms with Gasteiger partial charge in [-0.25, -0.2) is 8.78 Å². The van der Waals surface area contributed by atoms with Crippen molar-refractivity contribution < 1.29 is 26.7 Å². The van der Waals surface area contributed by atoms with Crippen LogP contribution in [0.3, 0.4) is 0 Å². The Kier molecular flexibility index (Phi) is 10.3. The molecular formula is C33H39F5O. The van der Waals surface area contributed by atoms with Crippen LogP contribution in [0.1, 0.15) is 93.7 Å². The molecule has 0 heterocycles. The maximum atomic E-state index is 15.3. The average molecular weight is 547 g/mol. The summed E-state index contributed by atoms with van der Waals surface area (Å²) in [5.74, 6) is -0.188. The average Bonchev–Trinajstić information content (AvgIpc) is 2.92. The van der Waals surface area contributed by atoms with E-state index in [2.05, 4.69) is 23.8 Å². The van der Waals surface area contributed by atoms with Gasteiger partial charge in [0.1, 0.15) is 5.82 Å². The van der Waals surface area contributed by atoms with Crippen LogP contribution in [-0.4, -0.2) is 12.8 Å². The van der Waals surface area contributed by atoms with Gasteiger partial charge in [0, 0.05) is 5.39 Å². The van der Waals surface area contributed by atoms with Crippen molar-refractivity contribution in [2.75, 3.05) is 6.61 Å². The molecule has 1 fully saturated rings. The summed E-state index contributed by atoms with van der Waals surface area (Å²) in [4.78, 5) is 0. The summed E-state index contributed by atoms with van der Waals surface area (Å²) in [7, 11) is 0. The van der Waals surface area contributed by atoms with E-state index >= 15 is 4.39 Å². The zero-order chi connectivity index (χ0) is 27.8. The van der Waals surface area contributed by atoms with E-state index < -0.39 is 24.3 Å². The molecule has 0 amide bonds. The third kappa shape index (κ3) is 8.43. The van der Waals surface area contributed by atoms with E-state index in [0.717, 1.165) is 17.4 Å². The number of hydrogen-bond acceptors (Lipinski definition) is 1. The Morgan fingerprint density at radius 2 is 1.59 bits per heavy atom. The van der Waals surface area contributed by atoms with Gasteiger partial charge in [-0.05, 0) is 84.6 Å². The van der Waals surface area contributed by atoms with Crippen molar-refractivity contribution in [3.63, 3.8) is 0 Å². The Labute approximate surface area is 228 Å². The number of ether oxygens (including phenoxy) is 1. The lowest BCUT2D eigenvalue weighted by Gasteiger charge is -2.29. The molecular weight excluding hydrogens is 507 g/mol. The van der Waals surface area contributed by atoms with Crippen molar-refractivity contribution in [2.24, 2.45) is 5.92 Å². The Morgan fingerprint density at radius 1 is 0.821 bits per heavy atom. The van der Waals surface area contributed by atoms with Gasteiger partial charge in [-0.15, -0.1) is 0 Å². The molecule has 39 heavy (non-hydrogen) atoms. The predicted octanol–water partition coefficient (Wildman–Crippen LogP) is 10.5. The van der Waals surface area contributed by atoms with Crippen molar-refractivity contribution in [3.8, 4) is 5.75 Å². The Balaban J connectivity index is 1.32. The lowest BCUT2D eigenvalue weighted by atomic mass is 9.76. The molecule has 0 unspecified atom stereocenters. The highest BCUT2D eigenvalue weighted by molar-refractivity contribution is 5.84. The number of alkyl halides is 3. The maximum absolute atomic E-state index is 15.3.